The number of aryl methyl sites for hydroxylation is 1. The van der Waals surface area contributed by atoms with Crippen molar-refractivity contribution < 1.29 is 9.53 Å². The van der Waals surface area contributed by atoms with Crippen molar-refractivity contribution in [1.29, 1.82) is 5.26 Å². The molecule has 0 radical (unpaired) electrons. The zero-order chi connectivity index (χ0) is 20.8. The molecule has 4 nitrogen and oxygen atoms in total. The second-order valence-corrected chi connectivity index (χ2v) is 7.33. The van der Waals surface area contributed by atoms with Crippen LogP contribution in [0.1, 0.15) is 28.2 Å². The van der Waals surface area contributed by atoms with Crippen molar-refractivity contribution in [1.82, 2.24) is 0 Å². The van der Waals surface area contributed by atoms with Gasteiger partial charge in [0.1, 0.15) is 6.61 Å². The van der Waals surface area contributed by atoms with Crippen LogP contribution in [-0.4, -0.2) is 6.09 Å². The first-order chi connectivity index (χ1) is 14.0. The molecule has 0 fully saturated rings. The largest absolute Gasteiger partial charge is 0.444 e. The molecule has 3 rings (SSSR count). The molecule has 0 spiro atoms. The van der Waals surface area contributed by atoms with Crippen molar-refractivity contribution >= 4 is 35.0 Å². The Morgan fingerprint density at radius 3 is 2.45 bits per heavy atom. The maximum atomic E-state index is 12.1. The maximum absolute atomic E-state index is 12.1. The fourth-order valence-electron chi connectivity index (χ4n) is 2.91. The first kappa shape index (κ1) is 20.7. The fraction of sp³-hybridized carbons (Fsp3) is 0.130. The van der Waals surface area contributed by atoms with Gasteiger partial charge in [0.15, 0.2) is 0 Å². The molecule has 3 aromatic carbocycles. The van der Waals surface area contributed by atoms with E-state index < -0.39 is 12.0 Å². The van der Waals surface area contributed by atoms with Crippen molar-refractivity contribution in [2.24, 2.45) is 0 Å². The number of nitrogens with one attached hydrogen (secondary N) is 1. The topological polar surface area (TPSA) is 62.1 Å². The van der Waals surface area contributed by atoms with Gasteiger partial charge in [0, 0.05) is 15.7 Å². The molecule has 0 saturated heterocycles. The Morgan fingerprint density at radius 2 is 1.79 bits per heavy atom. The fourth-order valence-corrected chi connectivity index (χ4v) is 3.31. The molecule has 0 bridgehead atoms. The van der Waals surface area contributed by atoms with Gasteiger partial charge in [0.25, 0.3) is 0 Å². The number of nitriles is 1. The lowest BCUT2D eigenvalue weighted by atomic mass is 9.91. The molecule has 1 N–H and O–H groups in total. The van der Waals surface area contributed by atoms with E-state index in [0.29, 0.717) is 21.3 Å². The van der Waals surface area contributed by atoms with Crippen LogP contribution in [0.3, 0.4) is 0 Å². The molecule has 6 heteroatoms. The summed E-state index contributed by atoms with van der Waals surface area (Å²) in [6.07, 6.45) is -0.574. The van der Waals surface area contributed by atoms with Gasteiger partial charge in [-0.15, -0.1) is 0 Å². The third kappa shape index (κ3) is 5.29. The molecule has 0 saturated carbocycles. The number of benzene rings is 3. The number of nitrogens with zero attached hydrogens (tertiary/aromatic N) is 1. The number of rotatable bonds is 5. The van der Waals surface area contributed by atoms with Crippen molar-refractivity contribution in [3.8, 4) is 6.07 Å². The summed E-state index contributed by atoms with van der Waals surface area (Å²) in [5, 5.41) is 13.4. The number of halogens is 2. The van der Waals surface area contributed by atoms with Gasteiger partial charge in [-0.3, -0.25) is 5.32 Å². The predicted octanol–water partition coefficient (Wildman–Crippen LogP) is 6.71. The zero-order valence-corrected chi connectivity index (χ0v) is 17.2. The highest BCUT2D eigenvalue weighted by atomic mass is 35.5. The van der Waals surface area contributed by atoms with Gasteiger partial charge >= 0.3 is 6.09 Å². The van der Waals surface area contributed by atoms with Gasteiger partial charge in [-0.05, 0) is 47.4 Å². The van der Waals surface area contributed by atoms with Crippen LogP contribution in [0.15, 0.2) is 66.7 Å². The van der Waals surface area contributed by atoms with Gasteiger partial charge in [0.2, 0.25) is 0 Å². The molecule has 146 valence electrons. The summed E-state index contributed by atoms with van der Waals surface area (Å²) >= 11 is 12.4. The van der Waals surface area contributed by atoms with Crippen molar-refractivity contribution in [2.75, 3.05) is 5.32 Å². The monoisotopic (exact) mass is 424 g/mol. The highest BCUT2D eigenvalue weighted by Crippen LogP contribution is 2.34. The summed E-state index contributed by atoms with van der Waals surface area (Å²) in [5.74, 6) is -0.544. The Balaban J connectivity index is 1.75. The average Bonchev–Trinajstić information content (AvgIpc) is 2.72. The van der Waals surface area contributed by atoms with Crippen LogP contribution in [0.2, 0.25) is 10.0 Å². The van der Waals surface area contributed by atoms with Crippen LogP contribution in [0.5, 0.6) is 0 Å². The quantitative estimate of drug-likeness (QED) is 0.494. The minimum absolute atomic E-state index is 0.171. The third-order valence-corrected chi connectivity index (χ3v) is 5.02. The maximum Gasteiger partial charge on any atom is 0.411 e. The summed E-state index contributed by atoms with van der Waals surface area (Å²) < 4.78 is 5.25. The lowest BCUT2D eigenvalue weighted by Gasteiger charge is -2.16. The molecule has 0 aromatic heterocycles. The SMILES string of the molecule is Cc1cc([C@@H](C#N)c2ccc(Cl)cc2)c(Cl)cc1NC(=O)OCc1ccccc1. The van der Waals surface area contributed by atoms with Crippen molar-refractivity contribution in [3.05, 3.63) is 99.0 Å². The highest BCUT2D eigenvalue weighted by molar-refractivity contribution is 6.32. The smallest absolute Gasteiger partial charge is 0.411 e. The van der Waals surface area contributed by atoms with Crippen LogP contribution in [-0.2, 0) is 11.3 Å². The predicted molar refractivity (Wildman–Crippen MR) is 115 cm³/mol. The average molecular weight is 425 g/mol. The molecule has 0 aliphatic heterocycles. The van der Waals surface area contributed by atoms with E-state index in [2.05, 4.69) is 11.4 Å². The minimum Gasteiger partial charge on any atom is -0.444 e. The van der Waals surface area contributed by atoms with E-state index >= 15 is 0 Å². The van der Waals surface area contributed by atoms with Gasteiger partial charge in [-0.1, -0.05) is 71.7 Å². The van der Waals surface area contributed by atoms with E-state index in [1.165, 1.54) is 0 Å². The minimum atomic E-state index is -0.574. The van der Waals surface area contributed by atoms with Gasteiger partial charge in [0.05, 0.1) is 12.0 Å². The summed E-state index contributed by atoms with van der Waals surface area (Å²) in [6.45, 7) is 2.01. The van der Waals surface area contributed by atoms with Crippen LogP contribution in [0.4, 0.5) is 10.5 Å². The summed E-state index contributed by atoms with van der Waals surface area (Å²) in [5.41, 5.74) is 3.66. The Bertz CT molecular complexity index is 1040. The molecule has 0 aliphatic carbocycles. The van der Waals surface area contributed by atoms with Crippen LogP contribution < -0.4 is 5.32 Å². The highest BCUT2D eigenvalue weighted by Gasteiger charge is 2.19. The molecule has 29 heavy (non-hydrogen) atoms. The Hall–Kier alpha value is -3.00. The summed E-state index contributed by atoms with van der Waals surface area (Å²) in [6, 6.07) is 22.2. The number of hydrogen-bond donors (Lipinski definition) is 1. The standard InChI is InChI=1S/C23H18Cl2N2O2/c1-15-11-19(20(13-26)17-7-9-18(24)10-8-17)21(25)12-22(15)27-23(28)29-14-16-5-3-2-4-6-16/h2-12,20H,14H2,1H3,(H,27,28)/t20-/m0/s1. The lowest BCUT2D eigenvalue weighted by Crippen LogP contribution is -2.14. The lowest BCUT2D eigenvalue weighted by molar-refractivity contribution is 0.155. The molecule has 0 unspecified atom stereocenters. The summed E-state index contributed by atoms with van der Waals surface area (Å²) in [4.78, 5) is 12.1. The first-order valence-electron chi connectivity index (χ1n) is 8.90. The van der Waals surface area contributed by atoms with Crippen LogP contribution in [0, 0.1) is 18.3 Å². The van der Waals surface area contributed by atoms with E-state index in [1.807, 2.05) is 37.3 Å². The Labute approximate surface area is 179 Å². The van der Waals surface area contributed by atoms with Gasteiger partial charge in [-0.25, -0.2) is 4.79 Å². The molecular weight excluding hydrogens is 407 g/mol. The number of amides is 1. The van der Waals surface area contributed by atoms with E-state index in [9.17, 15) is 10.1 Å². The van der Waals surface area contributed by atoms with E-state index in [-0.39, 0.29) is 6.61 Å². The molecule has 3 aromatic rings. The Kier molecular flexibility index (Phi) is 6.77. The number of carbonyl (C=O) groups is 1. The number of carbonyl (C=O) groups excluding carboxylic acids is 1. The third-order valence-electron chi connectivity index (χ3n) is 4.44. The second kappa shape index (κ2) is 9.47. The molecule has 1 amide bonds. The van der Waals surface area contributed by atoms with Crippen LogP contribution >= 0.6 is 23.2 Å². The van der Waals surface area contributed by atoms with Crippen LogP contribution in [0.25, 0.3) is 0 Å². The number of hydrogen-bond acceptors (Lipinski definition) is 3. The first-order valence-corrected chi connectivity index (χ1v) is 9.66. The molecule has 0 heterocycles. The summed E-state index contributed by atoms with van der Waals surface area (Å²) in [7, 11) is 0. The van der Waals surface area contributed by atoms with Gasteiger partial charge in [-0.2, -0.15) is 5.26 Å². The van der Waals surface area contributed by atoms with Crippen molar-refractivity contribution in [3.63, 3.8) is 0 Å². The molecule has 1 atom stereocenters. The Morgan fingerprint density at radius 1 is 1.10 bits per heavy atom. The normalized spacial score (nSPS) is 11.4. The van der Waals surface area contributed by atoms with Gasteiger partial charge < -0.3 is 4.74 Å². The van der Waals surface area contributed by atoms with E-state index in [0.717, 1.165) is 16.7 Å². The van der Waals surface area contributed by atoms with E-state index in [4.69, 9.17) is 27.9 Å². The molecule has 0 aliphatic rings. The molecular formula is C23H18Cl2N2O2. The second-order valence-electron chi connectivity index (χ2n) is 6.49. The van der Waals surface area contributed by atoms with Crippen molar-refractivity contribution in [2.45, 2.75) is 19.4 Å². The van der Waals surface area contributed by atoms with E-state index in [1.54, 1.807) is 36.4 Å². The number of anilines is 1. The zero-order valence-electron chi connectivity index (χ0n) is 15.7. The number of ether oxygens (including phenoxy) is 1.